The lowest BCUT2D eigenvalue weighted by Crippen LogP contribution is -2.26. The van der Waals surface area contributed by atoms with Gasteiger partial charge >= 0.3 is 0 Å². The lowest BCUT2D eigenvalue weighted by molar-refractivity contribution is 0.101. The Morgan fingerprint density at radius 1 is 1.29 bits per heavy atom. The third kappa shape index (κ3) is 3.14. The molecule has 2 aromatic heterocycles. The predicted molar refractivity (Wildman–Crippen MR) is 96.9 cm³/mol. The second-order valence-corrected chi connectivity index (χ2v) is 6.58. The fourth-order valence-corrected chi connectivity index (χ4v) is 3.49. The number of hydrogen-bond donors (Lipinski definition) is 1. The molecule has 2 heterocycles. The predicted octanol–water partition coefficient (Wildman–Crippen LogP) is 3.67. The molecule has 0 amide bonds. The van der Waals surface area contributed by atoms with E-state index in [1.54, 1.807) is 29.0 Å². The summed E-state index contributed by atoms with van der Waals surface area (Å²) in [5.74, 6) is 0.227. The molecular formula is C18H19N3O2S. The van der Waals surface area contributed by atoms with Crippen LogP contribution in [0.5, 0.6) is 0 Å². The van der Waals surface area contributed by atoms with E-state index >= 15 is 0 Å². The smallest absolute Gasteiger partial charge is 0.262 e. The molecule has 0 aliphatic heterocycles. The molecule has 0 saturated carbocycles. The number of benzene rings is 1. The normalized spacial score (nSPS) is 12.4. The first-order chi connectivity index (χ1) is 11.6. The summed E-state index contributed by atoms with van der Waals surface area (Å²) in [5.41, 5.74) is 1.18. The van der Waals surface area contributed by atoms with Crippen LogP contribution in [0.25, 0.3) is 10.9 Å². The molecule has 0 saturated heterocycles. The highest BCUT2D eigenvalue weighted by Gasteiger charge is 2.17. The molecular weight excluding hydrogens is 322 g/mol. The van der Waals surface area contributed by atoms with Crippen LogP contribution in [0.2, 0.25) is 0 Å². The van der Waals surface area contributed by atoms with Gasteiger partial charge in [0.2, 0.25) is 0 Å². The van der Waals surface area contributed by atoms with E-state index in [4.69, 9.17) is 0 Å². The van der Waals surface area contributed by atoms with Gasteiger partial charge in [0.15, 0.2) is 10.9 Å². The number of nitrogens with one attached hydrogen (secondary N) is 1. The number of rotatable bonds is 6. The molecule has 0 aliphatic rings. The number of aromatic amines is 1. The summed E-state index contributed by atoms with van der Waals surface area (Å²) >= 11 is 1.31. The molecule has 0 spiro atoms. The van der Waals surface area contributed by atoms with Crippen LogP contribution in [-0.2, 0) is 0 Å². The Morgan fingerprint density at radius 3 is 2.79 bits per heavy atom. The van der Waals surface area contributed by atoms with Crippen molar-refractivity contribution in [3.8, 4) is 0 Å². The Hall–Kier alpha value is -2.34. The number of aromatic nitrogens is 3. The molecule has 1 N–H and O–H groups in total. The Kier molecular flexibility index (Phi) is 4.85. The van der Waals surface area contributed by atoms with Gasteiger partial charge in [-0.2, -0.15) is 0 Å². The molecule has 3 rings (SSSR count). The van der Waals surface area contributed by atoms with Crippen molar-refractivity contribution in [1.29, 1.82) is 0 Å². The van der Waals surface area contributed by atoms with Crippen molar-refractivity contribution in [1.82, 2.24) is 14.5 Å². The number of nitrogens with zero attached hydrogens (tertiary/aromatic N) is 2. The molecule has 1 atom stereocenters. The lowest BCUT2D eigenvalue weighted by Gasteiger charge is -2.18. The van der Waals surface area contributed by atoms with E-state index in [2.05, 4.69) is 9.97 Å². The number of hydrogen-bond acceptors (Lipinski definition) is 4. The van der Waals surface area contributed by atoms with Gasteiger partial charge in [0.1, 0.15) is 0 Å². The standard InChI is InChI=1S/C18H19N3O2S/c1-3-12(2)21-17(23)13-7-4-5-8-14(13)20-18(21)24-11-16(22)15-9-6-10-19-15/h4-10,12,19H,3,11H2,1-2H3. The van der Waals surface area contributed by atoms with E-state index in [0.717, 1.165) is 6.42 Å². The summed E-state index contributed by atoms with van der Waals surface area (Å²) in [4.78, 5) is 32.6. The maximum absolute atomic E-state index is 12.8. The lowest BCUT2D eigenvalue weighted by atomic mass is 10.2. The number of fused-ring (bicyclic) bond motifs is 1. The second-order valence-electron chi connectivity index (χ2n) is 5.64. The summed E-state index contributed by atoms with van der Waals surface area (Å²) in [6.45, 7) is 4.03. The van der Waals surface area contributed by atoms with Crippen LogP contribution >= 0.6 is 11.8 Å². The molecule has 5 nitrogen and oxygen atoms in total. The van der Waals surface area contributed by atoms with Gasteiger partial charge in [0, 0.05) is 12.2 Å². The Morgan fingerprint density at radius 2 is 2.08 bits per heavy atom. The number of H-pyrrole nitrogens is 1. The molecule has 124 valence electrons. The molecule has 0 aliphatic carbocycles. The SMILES string of the molecule is CCC(C)n1c(SCC(=O)c2ccc[nH]2)nc2ccccc2c1=O. The minimum absolute atomic E-state index is 0.0110. The van der Waals surface area contributed by atoms with E-state index < -0.39 is 0 Å². The summed E-state index contributed by atoms with van der Waals surface area (Å²) in [6.07, 6.45) is 2.54. The molecule has 1 unspecified atom stereocenters. The van der Waals surface area contributed by atoms with Gasteiger partial charge in [0.25, 0.3) is 5.56 Å². The first-order valence-electron chi connectivity index (χ1n) is 7.92. The van der Waals surface area contributed by atoms with Crippen molar-refractivity contribution in [3.63, 3.8) is 0 Å². The van der Waals surface area contributed by atoms with Crippen molar-refractivity contribution >= 4 is 28.4 Å². The van der Waals surface area contributed by atoms with Crippen LogP contribution in [0.4, 0.5) is 0 Å². The van der Waals surface area contributed by atoms with E-state index in [-0.39, 0.29) is 23.1 Å². The van der Waals surface area contributed by atoms with Gasteiger partial charge in [-0.1, -0.05) is 30.8 Å². The van der Waals surface area contributed by atoms with Gasteiger partial charge in [-0.25, -0.2) is 4.98 Å². The van der Waals surface area contributed by atoms with Crippen molar-refractivity contribution in [2.24, 2.45) is 0 Å². The molecule has 0 fully saturated rings. The number of carbonyl (C=O) groups excluding carboxylic acids is 1. The molecule has 3 aromatic rings. The van der Waals surface area contributed by atoms with Gasteiger partial charge < -0.3 is 4.98 Å². The van der Waals surface area contributed by atoms with E-state index in [1.807, 2.05) is 32.0 Å². The highest BCUT2D eigenvalue weighted by Crippen LogP contribution is 2.23. The molecule has 24 heavy (non-hydrogen) atoms. The van der Waals surface area contributed by atoms with Crippen molar-refractivity contribution < 1.29 is 4.79 Å². The van der Waals surface area contributed by atoms with Crippen LogP contribution in [0.3, 0.4) is 0 Å². The topological polar surface area (TPSA) is 67.8 Å². The molecule has 0 radical (unpaired) electrons. The number of carbonyl (C=O) groups is 1. The average molecular weight is 341 g/mol. The van der Waals surface area contributed by atoms with Gasteiger partial charge in [-0.05, 0) is 37.6 Å². The zero-order valence-corrected chi connectivity index (χ0v) is 14.5. The van der Waals surface area contributed by atoms with Crippen molar-refractivity contribution in [2.45, 2.75) is 31.5 Å². The van der Waals surface area contributed by atoms with Crippen LogP contribution < -0.4 is 5.56 Å². The largest absolute Gasteiger partial charge is 0.359 e. The average Bonchev–Trinajstić information content (AvgIpc) is 3.14. The zero-order valence-electron chi connectivity index (χ0n) is 13.7. The molecule has 1 aromatic carbocycles. The molecule has 0 bridgehead atoms. The monoisotopic (exact) mass is 341 g/mol. The summed E-state index contributed by atoms with van der Waals surface area (Å²) in [6, 6.07) is 10.9. The van der Waals surface area contributed by atoms with Crippen molar-refractivity contribution in [2.75, 3.05) is 5.75 Å². The van der Waals surface area contributed by atoms with Gasteiger partial charge in [0.05, 0.1) is 22.3 Å². The van der Waals surface area contributed by atoms with Crippen molar-refractivity contribution in [3.05, 3.63) is 58.6 Å². The highest BCUT2D eigenvalue weighted by molar-refractivity contribution is 7.99. The number of para-hydroxylation sites is 1. The number of thioether (sulfide) groups is 1. The Bertz CT molecular complexity index is 916. The Balaban J connectivity index is 1.99. The molecule has 6 heteroatoms. The maximum Gasteiger partial charge on any atom is 0.262 e. The second kappa shape index (κ2) is 7.05. The fourth-order valence-electron chi connectivity index (χ4n) is 2.51. The van der Waals surface area contributed by atoms with Gasteiger partial charge in [-0.3, -0.25) is 14.2 Å². The first-order valence-corrected chi connectivity index (χ1v) is 8.91. The minimum Gasteiger partial charge on any atom is -0.359 e. The Labute approximate surface area is 144 Å². The number of ketones is 1. The summed E-state index contributed by atoms with van der Waals surface area (Å²) < 4.78 is 1.70. The van der Waals surface area contributed by atoms with Gasteiger partial charge in [-0.15, -0.1) is 0 Å². The van der Waals surface area contributed by atoms with E-state index in [9.17, 15) is 9.59 Å². The maximum atomic E-state index is 12.8. The quantitative estimate of drug-likeness (QED) is 0.422. The number of Topliss-reactive ketones (excluding diaryl/α,β-unsaturated/α-hetero) is 1. The van der Waals surface area contributed by atoms with Crippen LogP contribution in [-0.4, -0.2) is 26.1 Å². The van der Waals surface area contributed by atoms with E-state index in [1.165, 1.54) is 11.8 Å². The van der Waals surface area contributed by atoms with Crippen LogP contribution in [0, 0.1) is 0 Å². The summed E-state index contributed by atoms with van der Waals surface area (Å²) in [5, 5.41) is 1.20. The first kappa shape index (κ1) is 16.5. The van der Waals surface area contributed by atoms with Crippen LogP contribution in [0.1, 0.15) is 36.8 Å². The minimum atomic E-state index is -0.0511. The summed E-state index contributed by atoms with van der Waals surface area (Å²) in [7, 11) is 0. The van der Waals surface area contributed by atoms with Crippen LogP contribution in [0.15, 0.2) is 52.5 Å². The third-order valence-electron chi connectivity index (χ3n) is 4.04. The highest BCUT2D eigenvalue weighted by atomic mass is 32.2. The fraction of sp³-hybridized carbons (Fsp3) is 0.278. The van der Waals surface area contributed by atoms with E-state index in [0.29, 0.717) is 21.8 Å². The zero-order chi connectivity index (χ0) is 17.1. The third-order valence-corrected chi connectivity index (χ3v) is 4.99.